The molecule has 0 atom stereocenters. The zero-order chi connectivity index (χ0) is 13.4. The number of hydrogen-bond donors (Lipinski definition) is 5. The molecule has 0 bridgehead atoms. The van der Waals surface area contributed by atoms with Gasteiger partial charge in [-0.25, -0.2) is 4.79 Å². The Morgan fingerprint density at radius 2 is 2.05 bits per heavy atom. The summed E-state index contributed by atoms with van der Waals surface area (Å²) in [6.07, 6.45) is 1.36. The number of rotatable bonds is 2. The number of anilines is 2. The number of imidazole rings is 1. The Bertz CT molecular complexity index is 812. The first kappa shape index (κ1) is 11.1. The van der Waals surface area contributed by atoms with Crippen LogP contribution in [0.15, 0.2) is 29.2 Å². The third kappa shape index (κ3) is 1.95. The molecule has 2 aromatic heterocycles. The molecule has 8 nitrogen and oxygen atoms in total. The second kappa shape index (κ2) is 4.02. The molecule has 0 spiro atoms. The maximum Gasteiger partial charge on any atom is 0.323 e. The van der Waals surface area contributed by atoms with E-state index in [1.807, 2.05) is 0 Å². The van der Waals surface area contributed by atoms with Crippen molar-refractivity contribution in [2.24, 2.45) is 0 Å². The van der Waals surface area contributed by atoms with Crippen LogP contribution in [0.4, 0.5) is 11.4 Å². The van der Waals surface area contributed by atoms with Gasteiger partial charge in [0.2, 0.25) is 0 Å². The summed E-state index contributed by atoms with van der Waals surface area (Å²) < 4.78 is 0. The van der Waals surface area contributed by atoms with Crippen molar-refractivity contribution in [1.82, 2.24) is 20.2 Å². The van der Waals surface area contributed by atoms with Crippen LogP contribution in [0, 0.1) is 0 Å². The van der Waals surface area contributed by atoms with Gasteiger partial charge in [0.15, 0.2) is 0 Å². The van der Waals surface area contributed by atoms with Crippen LogP contribution in [0.25, 0.3) is 11.0 Å². The number of fused-ring (bicyclic) bond motifs is 1. The minimum atomic E-state index is -0.396. The van der Waals surface area contributed by atoms with Crippen LogP contribution < -0.4 is 16.7 Å². The van der Waals surface area contributed by atoms with E-state index in [1.165, 1.54) is 6.20 Å². The number of benzene rings is 1. The number of carbonyl (C=O) groups is 1. The molecule has 6 N–H and O–H groups in total. The number of aromatic nitrogens is 4. The zero-order valence-electron chi connectivity index (χ0n) is 9.65. The second-order valence-electron chi connectivity index (χ2n) is 3.99. The fourth-order valence-corrected chi connectivity index (χ4v) is 1.78. The third-order valence-corrected chi connectivity index (χ3v) is 2.67. The van der Waals surface area contributed by atoms with Crippen LogP contribution in [-0.2, 0) is 0 Å². The molecule has 2 heterocycles. The molecular weight excluding hydrogens is 248 g/mol. The van der Waals surface area contributed by atoms with E-state index >= 15 is 0 Å². The van der Waals surface area contributed by atoms with E-state index in [9.17, 15) is 9.59 Å². The van der Waals surface area contributed by atoms with Crippen LogP contribution in [-0.4, -0.2) is 26.1 Å². The van der Waals surface area contributed by atoms with E-state index in [4.69, 9.17) is 5.73 Å². The Balaban J connectivity index is 1.91. The highest BCUT2D eigenvalue weighted by Gasteiger charge is 2.12. The summed E-state index contributed by atoms with van der Waals surface area (Å²) >= 11 is 0. The van der Waals surface area contributed by atoms with Gasteiger partial charge in [0.05, 0.1) is 22.9 Å². The number of H-pyrrole nitrogens is 3. The largest absolute Gasteiger partial charge is 0.396 e. The molecule has 1 aromatic carbocycles. The van der Waals surface area contributed by atoms with Gasteiger partial charge >= 0.3 is 5.69 Å². The lowest BCUT2D eigenvalue weighted by Gasteiger charge is -2.04. The van der Waals surface area contributed by atoms with Crippen LogP contribution in [0.5, 0.6) is 0 Å². The van der Waals surface area contributed by atoms with E-state index in [-0.39, 0.29) is 17.1 Å². The molecule has 0 unspecified atom stereocenters. The summed E-state index contributed by atoms with van der Waals surface area (Å²) in [5.41, 5.74) is 7.58. The smallest absolute Gasteiger partial charge is 0.323 e. The molecule has 8 heteroatoms. The van der Waals surface area contributed by atoms with E-state index in [0.29, 0.717) is 16.7 Å². The summed E-state index contributed by atoms with van der Waals surface area (Å²) in [7, 11) is 0. The van der Waals surface area contributed by atoms with Gasteiger partial charge in [0, 0.05) is 5.69 Å². The molecule has 96 valence electrons. The van der Waals surface area contributed by atoms with Crippen molar-refractivity contribution in [2.75, 3.05) is 11.1 Å². The Morgan fingerprint density at radius 3 is 2.79 bits per heavy atom. The van der Waals surface area contributed by atoms with Gasteiger partial charge in [0.25, 0.3) is 5.91 Å². The van der Waals surface area contributed by atoms with Crippen LogP contribution in [0.1, 0.15) is 10.5 Å². The maximum atomic E-state index is 11.9. The SMILES string of the molecule is Nc1cn[nH]c1C(=O)Nc1ccc2[nH]c(=O)[nH]c2c1. The van der Waals surface area contributed by atoms with Crippen molar-refractivity contribution < 1.29 is 4.79 Å². The van der Waals surface area contributed by atoms with Crippen molar-refractivity contribution in [3.05, 3.63) is 40.6 Å². The molecular formula is C11H10N6O2. The molecule has 0 saturated heterocycles. The zero-order valence-corrected chi connectivity index (χ0v) is 9.65. The standard InChI is InChI=1S/C11H10N6O2/c12-6-4-13-17-9(6)10(18)14-5-1-2-7-8(3-5)16-11(19)15-7/h1-4H,12H2,(H,13,17)(H,14,18)(H2,15,16,19). The summed E-state index contributed by atoms with van der Waals surface area (Å²) in [4.78, 5) is 28.2. The van der Waals surface area contributed by atoms with Crippen molar-refractivity contribution in [3.63, 3.8) is 0 Å². The monoisotopic (exact) mass is 258 g/mol. The molecule has 19 heavy (non-hydrogen) atoms. The number of nitrogen functional groups attached to an aromatic ring is 1. The van der Waals surface area contributed by atoms with Crippen molar-refractivity contribution in [2.45, 2.75) is 0 Å². The molecule has 0 fully saturated rings. The summed E-state index contributed by atoms with van der Waals surface area (Å²) in [6.45, 7) is 0. The average molecular weight is 258 g/mol. The molecule has 0 aliphatic carbocycles. The highest BCUT2D eigenvalue weighted by molar-refractivity contribution is 6.06. The lowest BCUT2D eigenvalue weighted by molar-refractivity contribution is 0.102. The van der Waals surface area contributed by atoms with Gasteiger partial charge in [0.1, 0.15) is 5.69 Å². The second-order valence-corrected chi connectivity index (χ2v) is 3.99. The lowest BCUT2D eigenvalue weighted by Crippen LogP contribution is -2.14. The first-order valence-electron chi connectivity index (χ1n) is 5.46. The average Bonchev–Trinajstić information content (AvgIpc) is 2.93. The van der Waals surface area contributed by atoms with Gasteiger partial charge in [-0.15, -0.1) is 0 Å². The van der Waals surface area contributed by atoms with E-state index in [0.717, 1.165) is 0 Å². The Morgan fingerprint density at radius 1 is 1.26 bits per heavy atom. The van der Waals surface area contributed by atoms with Crippen LogP contribution in [0.2, 0.25) is 0 Å². The van der Waals surface area contributed by atoms with Crippen molar-refractivity contribution in [3.8, 4) is 0 Å². The number of nitrogens with one attached hydrogen (secondary N) is 4. The minimum Gasteiger partial charge on any atom is -0.396 e. The van der Waals surface area contributed by atoms with Gasteiger partial charge in [-0.3, -0.25) is 9.89 Å². The number of nitrogens with two attached hydrogens (primary N) is 1. The maximum absolute atomic E-state index is 11.9. The van der Waals surface area contributed by atoms with E-state index in [1.54, 1.807) is 18.2 Å². The van der Waals surface area contributed by atoms with Crippen molar-refractivity contribution in [1.29, 1.82) is 0 Å². The Hall–Kier alpha value is -3.03. The first-order chi connectivity index (χ1) is 9.13. The number of aromatic amines is 3. The highest BCUT2D eigenvalue weighted by atomic mass is 16.2. The van der Waals surface area contributed by atoms with Gasteiger partial charge in [-0.1, -0.05) is 0 Å². The number of amides is 1. The fourth-order valence-electron chi connectivity index (χ4n) is 1.78. The molecule has 0 radical (unpaired) electrons. The Kier molecular flexibility index (Phi) is 2.34. The first-order valence-corrected chi connectivity index (χ1v) is 5.46. The quantitative estimate of drug-likeness (QED) is 0.455. The highest BCUT2D eigenvalue weighted by Crippen LogP contribution is 2.16. The molecule has 0 aliphatic heterocycles. The predicted molar refractivity (Wildman–Crippen MR) is 69.9 cm³/mol. The van der Waals surface area contributed by atoms with Gasteiger partial charge in [-0.05, 0) is 18.2 Å². The van der Waals surface area contributed by atoms with E-state index < -0.39 is 5.91 Å². The van der Waals surface area contributed by atoms with Crippen LogP contribution >= 0.6 is 0 Å². The predicted octanol–water partition coefficient (Wildman–Crippen LogP) is 0.414. The fraction of sp³-hybridized carbons (Fsp3) is 0. The lowest BCUT2D eigenvalue weighted by atomic mass is 10.2. The van der Waals surface area contributed by atoms with Gasteiger partial charge in [-0.2, -0.15) is 5.10 Å². The molecule has 0 aliphatic rings. The molecule has 0 saturated carbocycles. The normalized spacial score (nSPS) is 10.7. The summed E-state index contributed by atoms with van der Waals surface area (Å²) in [5, 5.41) is 8.85. The van der Waals surface area contributed by atoms with Crippen LogP contribution in [0.3, 0.4) is 0 Å². The Labute approximate surface area is 106 Å². The minimum absolute atomic E-state index is 0.197. The molecule has 1 amide bonds. The summed E-state index contributed by atoms with van der Waals surface area (Å²) in [5.74, 6) is -0.396. The summed E-state index contributed by atoms with van der Waals surface area (Å²) in [6, 6.07) is 5.02. The van der Waals surface area contributed by atoms with Crippen molar-refractivity contribution >= 4 is 28.3 Å². The third-order valence-electron chi connectivity index (χ3n) is 2.67. The van der Waals surface area contributed by atoms with Gasteiger partial charge < -0.3 is 21.0 Å². The number of nitrogens with zero attached hydrogens (tertiary/aromatic N) is 1. The topological polar surface area (TPSA) is 132 Å². The molecule has 3 rings (SSSR count). The van der Waals surface area contributed by atoms with E-state index in [2.05, 4.69) is 25.5 Å². The number of hydrogen-bond acceptors (Lipinski definition) is 4. The number of carbonyl (C=O) groups excluding carboxylic acids is 1. The molecule has 3 aromatic rings.